The SMILES string of the molecule is CCN(CCO)Cc1cc([N+](=O)[O-])ccc1OC(F)F. The quantitative estimate of drug-likeness (QED) is 0.585. The third kappa shape index (κ3) is 4.71. The maximum atomic E-state index is 12.3. The number of non-ortho nitro benzene ring substituents is 1. The number of aliphatic hydroxyl groups is 1. The van der Waals surface area contributed by atoms with Crippen molar-refractivity contribution in [2.75, 3.05) is 19.7 Å². The van der Waals surface area contributed by atoms with Gasteiger partial charge in [-0.05, 0) is 12.6 Å². The van der Waals surface area contributed by atoms with Crippen molar-refractivity contribution in [2.24, 2.45) is 0 Å². The van der Waals surface area contributed by atoms with Crippen LogP contribution in [-0.4, -0.2) is 41.2 Å². The highest BCUT2D eigenvalue weighted by Crippen LogP contribution is 2.26. The van der Waals surface area contributed by atoms with Gasteiger partial charge in [-0.25, -0.2) is 0 Å². The molecule has 0 fully saturated rings. The van der Waals surface area contributed by atoms with E-state index in [1.54, 1.807) is 4.90 Å². The van der Waals surface area contributed by atoms with E-state index >= 15 is 0 Å². The minimum atomic E-state index is -3.00. The number of ether oxygens (including phenoxy) is 1. The highest BCUT2D eigenvalue weighted by atomic mass is 19.3. The van der Waals surface area contributed by atoms with Crippen LogP contribution in [0, 0.1) is 10.1 Å². The summed E-state index contributed by atoms with van der Waals surface area (Å²) in [5.74, 6) is -0.0954. The number of hydrogen-bond acceptors (Lipinski definition) is 5. The Kier molecular flexibility index (Phi) is 6.26. The highest BCUT2D eigenvalue weighted by molar-refractivity contribution is 5.43. The smallest absolute Gasteiger partial charge is 0.387 e. The molecule has 0 spiro atoms. The van der Waals surface area contributed by atoms with Crippen molar-refractivity contribution in [1.29, 1.82) is 0 Å². The summed E-state index contributed by atoms with van der Waals surface area (Å²) in [5, 5.41) is 19.6. The number of likely N-dealkylation sites (N-methyl/N-ethyl adjacent to an activating group) is 1. The first-order chi connectivity index (χ1) is 9.47. The van der Waals surface area contributed by atoms with Gasteiger partial charge in [-0.2, -0.15) is 8.78 Å². The van der Waals surface area contributed by atoms with E-state index in [-0.39, 0.29) is 30.2 Å². The molecule has 0 unspecified atom stereocenters. The zero-order chi connectivity index (χ0) is 15.1. The number of hydrogen-bond donors (Lipinski definition) is 1. The van der Waals surface area contributed by atoms with Gasteiger partial charge in [0, 0.05) is 30.8 Å². The molecule has 1 aromatic rings. The van der Waals surface area contributed by atoms with Gasteiger partial charge in [0.15, 0.2) is 0 Å². The average molecular weight is 290 g/mol. The lowest BCUT2D eigenvalue weighted by Gasteiger charge is -2.20. The van der Waals surface area contributed by atoms with Crippen LogP contribution >= 0.6 is 0 Å². The third-order valence-electron chi connectivity index (χ3n) is 2.73. The Morgan fingerprint density at radius 3 is 2.70 bits per heavy atom. The zero-order valence-electron chi connectivity index (χ0n) is 11.0. The van der Waals surface area contributed by atoms with Crippen molar-refractivity contribution in [3.63, 3.8) is 0 Å². The summed E-state index contributed by atoms with van der Waals surface area (Å²) in [4.78, 5) is 11.9. The first-order valence-electron chi connectivity index (χ1n) is 6.03. The Bertz CT molecular complexity index is 457. The minimum absolute atomic E-state index is 0.0895. The predicted molar refractivity (Wildman–Crippen MR) is 67.8 cm³/mol. The molecule has 0 bridgehead atoms. The average Bonchev–Trinajstić information content (AvgIpc) is 2.39. The lowest BCUT2D eigenvalue weighted by Crippen LogP contribution is -2.26. The predicted octanol–water partition coefficient (Wildman–Crippen LogP) is 2.01. The van der Waals surface area contributed by atoms with Gasteiger partial charge in [0.05, 0.1) is 11.5 Å². The molecule has 0 atom stereocenters. The summed E-state index contributed by atoms with van der Waals surface area (Å²) in [6.07, 6.45) is 0. The summed E-state index contributed by atoms with van der Waals surface area (Å²) in [5.41, 5.74) is 0.0940. The molecule has 0 radical (unpaired) electrons. The molecule has 0 amide bonds. The summed E-state index contributed by atoms with van der Waals surface area (Å²) in [6.45, 7) is -0.164. The number of rotatable bonds is 8. The second kappa shape index (κ2) is 7.71. The van der Waals surface area contributed by atoms with Crippen LogP contribution in [0.4, 0.5) is 14.5 Å². The lowest BCUT2D eigenvalue weighted by molar-refractivity contribution is -0.385. The van der Waals surface area contributed by atoms with Crippen molar-refractivity contribution < 1.29 is 23.5 Å². The largest absolute Gasteiger partial charge is 0.434 e. The van der Waals surface area contributed by atoms with Gasteiger partial charge in [0.2, 0.25) is 0 Å². The van der Waals surface area contributed by atoms with Gasteiger partial charge in [0.1, 0.15) is 5.75 Å². The van der Waals surface area contributed by atoms with Crippen LogP contribution < -0.4 is 4.74 Å². The molecule has 0 aliphatic rings. The van der Waals surface area contributed by atoms with Crippen LogP contribution in [0.5, 0.6) is 5.75 Å². The van der Waals surface area contributed by atoms with Crippen LogP contribution in [0.25, 0.3) is 0 Å². The molecule has 1 N–H and O–H groups in total. The fourth-order valence-corrected chi connectivity index (χ4v) is 1.75. The number of nitro groups is 1. The van der Waals surface area contributed by atoms with Gasteiger partial charge < -0.3 is 9.84 Å². The van der Waals surface area contributed by atoms with Crippen molar-refractivity contribution in [2.45, 2.75) is 20.1 Å². The van der Waals surface area contributed by atoms with E-state index in [2.05, 4.69) is 4.74 Å². The molecule has 112 valence electrons. The Morgan fingerprint density at radius 1 is 1.50 bits per heavy atom. The Balaban J connectivity index is 3.03. The minimum Gasteiger partial charge on any atom is -0.434 e. The number of aliphatic hydroxyl groups excluding tert-OH is 1. The molecule has 8 heteroatoms. The normalized spacial score (nSPS) is 11.1. The molecule has 0 heterocycles. The third-order valence-corrected chi connectivity index (χ3v) is 2.73. The van der Waals surface area contributed by atoms with Crippen LogP contribution in [0.1, 0.15) is 12.5 Å². The zero-order valence-corrected chi connectivity index (χ0v) is 11.0. The van der Waals surface area contributed by atoms with E-state index < -0.39 is 11.5 Å². The van der Waals surface area contributed by atoms with Crippen LogP contribution in [0.15, 0.2) is 18.2 Å². The van der Waals surface area contributed by atoms with Gasteiger partial charge in [-0.1, -0.05) is 6.92 Å². The standard InChI is InChI=1S/C12H16F2N2O4/c1-2-15(5-6-17)8-9-7-10(16(18)19)3-4-11(9)20-12(13)14/h3-4,7,12,17H,2,5-6,8H2,1H3. The van der Waals surface area contributed by atoms with Gasteiger partial charge in [-0.15, -0.1) is 0 Å². The van der Waals surface area contributed by atoms with Crippen molar-refractivity contribution >= 4 is 5.69 Å². The number of nitrogens with zero attached hydrogens (tertiary/aromatic N) is 2. The van der Waals surface area contributed by atoms with E-state index in [0.29, 0.717) is 13.1 Å². The van der Waals surface area contributed by atoms with Crippen molar-refractivity contribution in [1.82, 2.24) is 4.90 Å². The summed E-state index contributed by atoms with van der Waals surface area (Å²) >= 11 is 0. The topological polar surface area (TPSA) is 75.8 Å². The summed E-state index contributed by atoms with van der Waals surface area (Å²) < 4.78 is 29.0. The maximum absolute atomic E-state index is 12.3. The molecule has 0 aromatic heterocycles. The van der Waals surface area contributed by atoms with E-state index in [1.165, 1.54) is 6.07 Å². The number of alkyl halides is 2. The Hall–Kier alpha value is -1.80. The second-order valence-corrected chi connectivity index (χ2v) is 4.02. The number of nitro benzene ring substituents is 1. The fourth-order valence-electron chi connectivity index (χ4n) is 1.75. The van der Waals surface area contributed by atoms with Gasteiger partial charge >= 0.3 is 6.61 Å². The number of benzene rings is 1. The summed E-state index contributed by atoms with van der Waals surface area (Å²) in [7, 11) is 0. The first-order valence-corrected chi connectivity index (χ1v) is 6.03. The fraction of sp³-hybridized carbons (Fsp3) is 0.500. The molecular formula is C12H16F2N2O4. The summed E-state index contributed by atoms with van der Waals surface area (Å²) in [6, 6.07) is 3.48. The molecular weight excluding hydrogens is 274 g/mol. The monoisotopic (exact) mass is 290 g/mol. The van der Waals surface area contributed by atoms with E-state index in [0.717, 1.165) is 12.1 Å². The molecule has 1 aromatic carbocycles. The van der Waals surface area contributed by atoms with Gasteiger partial charge in [-0.3, -0.25) is 15.0 Å². The lowest BCUT2D eigenvalue weighted by atomic mass is 10.1. The number of halogens is 2. The second-order valence-electron chi connectivity index (χ2n) is 4.02. The molecule has 0 saturated heterocycles. The van der Waals surface area contributed by atoms with Crippen molar-refractivity contribution in [3.05, 3.63) is 33.9 Å². The molecule has 6 nitrogen and oxygen atoms in total. The van der Waals surface area contributed by atoms with E-state index in [1.807, 2.05) is 6.92 Å². The highest BCUT2D eigenvalue weighted by Gasteiger charge is 2.16. The van der Waals surface area contributed by atoms with Crippen LogP contribution in [-0.2, 0) is 6.54 Å². The van der Waals surface area contributed by atoms with Crippen LogP contribution in [0.2, 0.25) is 0 Å². The molecule has 1 rings (SSSR count). The molecule has 20 heavy (non-hydrogen) atoms. The molecule has 0 saturated carbocycles. The Morgan fingerprint density at radius 2 is 2.20 bits per heavy atom. The Labute approximate surface area is 114 Å². The maximum Gasteiger partial charge on any atom is 0.387 e. The van der Waals surface area contributed by atoms with E-state index in [4.69, 9.17) is 5.11 Å². The first kappa shape index (κ1) is 16.3. The molecule has 0 aliphatic heterocycles. The van der Waals surface area contributed by atoms with Crippen LogP contribution in [0.3, 0.4) is 0 Å². The van der Waals surface area contributed by atoms with Crippen molar-refractivity contribution in [3.8, 4) is 5.75 Å². The van der Waals surface area contributed by atoms with Gasteiger partial charge in [0.25, 0.3) is 5.69 Å². The van der Waals surface area contributed by atoms with E-state index in [9.17, 15) is 18.9 Å². The molecule has 0 aliphatic carbocycles.